The predicted octanol–water partition coefficient (Wildman–Crippen LogP) is 3.16. The molecule has 0 spiro atoms. The van der Waals surface area contributed by atoms with Gasteiger partial charge >= 0.3 is 0 Å². The molecule has 0 saturated heterocycles. The second-order valence-electron chi connectivity index (χ2n) is 4.34. The number of carbonyl (C=O) groups excluding carboxylic acids is 1. The van der Waals surface area contributed by atoms with E-state index in [4.69, 9.17) is 17.3 Å². The number of nitrogen functional groups attached to an aromatic ring is 1. The van der Waals surface area contributed by atoms with Crippen LogP contribution < -0.4 is 11.1 Å². The van der Waals surface area contributed by atoms with Crippen LogP contribution in [-0.2, 0) is 6.54 Å². The van der Waals surface area contributed by atoms with Gasteiger partial charge in [0, 0.05) is 22.8 Å². The number of benzene rings is 2. The lowest BCUT2D eigenvalue weighted by atomic mass is 10.1. The van der Waals surface area contributed by atoms with Crippen LogP contribution in [0.3, 0.4) is 0 Å². The molecule has 0 fully saturated rings. The van der Waals surface area contributed by atoms with Gasteiger partial charge in [-0.2, -0.15) is 0 Å². The minimum absolute atomic E-state index is 0.128. The quantitative estimate of drug-likeness (QED) is 0.845. The average molecular weight is 275 g/mol. The van der Waals surface area contributed by atoms with Crippen LogP contribution in [0.5, 0.6) is 0 Å². The molecule has 0 bridgehead atoms. The molecule has 2 aromatic carbocycles. The fourth-order valence-electron chi connectivity index (χ4n) is 1.77. The van der Waals surface area contributed by atoms with Crippen molar-refractivity contribution in [1.82, 2.24) is 5.32 Å². The summed E-state index contributed by atoms with van der Waals surface area (Å²) in [6.07, 6.45) is 0. The lowest BCUT2D eigenvalue weighted by Gasteiger charge is -2.09. The second kappa shape index (κ2) is 5.76. The zero-order chi connectivity index (χ0) is 13.8. The Kier molecular flexibility index (Phi) is 4.07. The molecule has 3 N–H and O–H groups in total. The van der Waals surface area contributed by atoms with Crippen molar-refractivity contribution < 1.29 is 4.79 Å². The molecule has 0 unspecified atom stereocenters. The van der Waals surface area contributed by atoms with Gasteiger partial charge in [-0.1, -0.05) is 29.8 Å². The Morgan fingerprint density at radius 2 is 1.89 bits per heavy atom. The molecule has 4 heteroatoms. The monoisotopic (exact) mass is 274 g/mol. The van der Waals surface area contributed by atoms with E-state index < -0.39 is 0 Å². The van der Waals surface area contributed by atoms with Crippen molar-refractivity contribution in [2.45, 2.75) is 13.5 Å². The van der Waals surface area contributed by atoms with Gasteiger partial charge in [0.05, 0.1) is 0 Å². The Bertz CT molecular complexity index is 594. The van der Waals surface area contributed by atoms with E-state index in [9.17, 15) is 4.79 Å². The molecule has 19 heavy (non-hydrogen) atoms. The van der Waals surface area contributed by atoms with Gasteiger partial charge in [-0.25, -0.2) is 0 Å². The van der Waals surface area contributed by atoms with Crippen molar-refractivity contribution >= 4 is 23.2 Å². The third-order valence-electron chi connectivity index (χ3n) is 2.95. The fraction of sp³-hybridized carbons (Fsp3) is 0.133. The molecule has 98 valence electrons. The molecule has 0 aromatic heterocycles. The lowest BCUT2D eigenvalue weighted by molar-refractivity contribution is 0.0950. The molecule has 0 aliphatic rings. The molecule has 3 nitrogen and oxygen atoms in total. The molecule has 2 rings (SSSR count). The van der Waals surface area contributed by atoms with E-state index in [1.807, 2.05) is 31.2 Å². The van der Waals surface area contributed by atoms with E-state index in [-0.39, 0.29) is 5.91 Å². The zero-order valence-electron chi connectivity index (χ0n) is 10.6. The average Bonchev–Trinajstić information content (AvgIpc) is 2.41. The van der Waals surface area contributed by atoms with Crippen molar-refractivity contribution in [3.05, 3.63) is 64.2 Å². The summed E-state index contributed by atoms with van der Waals surface area (Å²) in [5.41, 5.74) is 8.71. The molecule has 0 aliphatic carbocycles. The third kappa shape index (κ3) is 3.26. The highest BCUT2D eigenvalue weighted by atomic mass is 35.5. The Morgan fingerprint density at radius 3 is 2.58 bits per heavy atom. The molecular formula is C15H15ClN2O. The number of nitrogens with two attached hydrogens (primary N) is 1. The van der Waals surface area contributed by atoms with Gasteiger partial charge in [-0.05, 0) is 42.3 Å². The topological polar surface area (TPSA) is 55.1 Å². The number of nitrogens with one attached hydrogen (secondary N) is 1. The van der Waals surface area contributed by atoms with E-state index in [0.29, 0.717) is 22.8 Å². The largest absolute Gasteiger partial charge is 0.399 e. The van der Waals surface area contributed by atoms with Gasteiger partial charge in [-0.3, -0.25) is 4.79 Å². The van der Waals surface area contributed by atoms with Crippen molar-refractivity contribution in [2.75, 3.05) is 5.73 Å². The Morgan fingerprint density at radius 1 is 1.21 bits per heavy atom. The molecule has 0 aliphatic heterocycles. The van der Waals surface area contributed by atoms with Gasteiger partial charge in [0.2, 0.25) is 0 Å². The maximum Gasteiger partial charge on any atom is 0.251 e. The van der Waals surface area contributed by atoms with E-state index >= 15 is 0 Å². The maximum atomic E-state index is 12.1. The summed E-state index contributed by atoms with van der Waals surface area (Å²) in [5.74, 6) is -0.128. The minimum atomic E-state index is -0.128. The number of hydrogen-bond donors (Lipinski definition) is 2. The van der Waals surface area contributed by atoms with Crippen LogP contribution in [0.15, 0.2) is 42.5 Å². The third-order valence-corrected chi connectivity index (χ3v) is 3.35. The van der Waals surface area contributed by atoms with Gasteiger partial charge < -0.3 is 11.1 Å². The van der Waals surface area contributed by atoms with Gasteiger partial charge in [0.1, 0.15) is 0 Å². The van der Waals surface area contributed by atoms with Crippen LogP contribution in [0, 0.1) is 6.92 Å². The first-order valence-electron chi connectivity index (χ1n) is 5.95. The number of hydrogen-bond acceptors (Lipinski definition) is 2. The Balaban J connectivity index is 2.05. The summed E-state index contributed by atoms with van der Waals surface area (Å²) in [6, 6.07) is 12.7. The molecule has 2 aromatic rings. The zero-order valence-corrected chi connectivity index (χ0v) is 11.4. The van der Waals surface area contributed by atoms with Crippen molar-refractivity contribution in [2.24, 2.45) is 0 Å². The van der Waals surface area contributed by atoms with Gasteiger partial charge in [0.15, 0.2) is 0 Å². The highest BCUT2D eigenvalue weighted by Gasteiger charge is 2.10. The number of rotatable bonds is 3. The summed E-state index contributed by atoms with van der Waals surface area (Å²) in [7, 11) is 0. The van der Waals surface area contributed by atoms with Crippen LogP contribution in [0.25, 0.3) is 0 Å². The minimum Gasteiger partial charge on any atom is -0.399 e. The standard InChI is InChI=1S/C15H15ClN2O/c1-10-13(3-2-4-14(10)16)15(19)18-9-11-5-7-12(17)8-6-11/h2-8H,9,17H2,1H3,(H,18,19). The van der Waals surface area contributed by atoms with Crippen LogP contribution in [0.2, 0.25) is 5.02 Å². The molecule has 1 amide bonds. The van der Waals surface area contributed by atoms with Crippen LogP contribution in [0.1, 0.15) is 21.5 Å². The van der Waals surface area contributed by atoms with Gasteiger partial charge in [0.25, 0.3) is 5.91 Å². The smallest absolute Gasteiger partial charge is 0.251 e. The summed E-state index contributed by atoms with van der Waals surface area (Å²) in [6.45, 7) is 2.30. The van der Waals surface area contributed by atoms with Gasteiger partial charge in [-0.15, -0.1) is 0 Å². The summed E-state index contributed by atoms with van der Waals surface area (Å²) >= 11 is 6.00. The van der Waals surface area contributed by atoms with E-state index in [2.05, 4.69) is 5.32 Å². The molecular weight excluding hydrogens is 260 g/mol. The van der Waals surface area contributed by atoms with Crippen LogP contribution >= 0.6 is 11.6 Å². The van der Waals surface area contributed by atoms with Crippen LogP contribution in [-0.4, -0.2) is 5.91 Å². The number of carbonyl (C=O) groups is 1. The summed E-state index contributed by atoms with van der Waals surface area (Å²) in [4.78, 5) is 12.1. The van der Waals surface area contributed by atoms with Crippen LogP contribution in [0.4, 0.5) is 5.69 Å². The molecule has 0 saturated carbocycles. The maximum absolute atomic E-state index is 12.1. The van der Waals surface area contributed by atoms with E-state index in [1.165, 1.54) is 0 Å². The predicted molar refractivity (Wildman–Crippen MR) is 78.2 cm³/mol. The van der Waals surface area contributed by atoms with E-state index in [0.717, 1.165) is 11.1 Å². The second-order valence-corrected chi connectivity index (χ2v) is 4.74. The lowest BCUT2D eigenvalue weighted by Crippen LogP contribution is -2.23. The Labute approximate surface area is 117 Å². The fourth-order valence-corrected chi connectivity index (χ4v) is 1.94. The molecule has 0 heterocycles. The first kappa shape index (κ1) is 13.4. The number of anilines is 1. The highest BCUT2D eigenvalue weighted by molar-refractivity contribution is 6.31. The van der Waals surface area contributed by atoms with Crippen molar-refractivity contribution in [3.8, 4) is 0 Å². The first-order chi connectivity index (χ1) is 9.08. The summed E-state index contributed by atoms with van der Waals surface area (Å²) < 4.78 is 0. The van der Waals surface area contributed by atoms with Crippen molar-refractivity contribution in [1.29, 1.82) is 0 Å². The molecule has 0 radical (unpaired) electrons. The SMILES string of the molecule is Cc1c(Cl)cccc1C(=O)NCc1ccc(N)cc1. The molecule has 0 atom stereocenters. The number of halogens is 1. The number of amides is 1. The first-order valence-corrected chi connectivity index (χ1v) is 6.33. The summed E-state index contributed by atoms with van der Waals surface area (Å²) in [5, 5.41) is 3.46. The van der Waals surface area contributed by atoms with Crippen molar-refractivity contribution in [3.63, 3.8) is 0 Å². The highest BCUT2D eigenvalue weighted by Crippen LogP contribution is 2.18. The Hall–Kier alpha value is -2.00. The normalized spacial score (nSPS) is 10.2. The van der Waals surface area contributed by atoms with E-state index in [1.54, 1.807) is 18.2 Å².